The third-order valence-corrected chi connectivity index (χ3v) is 4.53. The zero-order chi connectivity index (χ0) is 16.2. The molecule has 7 heteroatoms. The van der Waals surface area contributed by atoms with E-state index in [9.17, 15) is 4.79 Å². The Balaban J connectivity index is 0.00000208. The van der Waals surface area contributed by atoms with Crippen LogP contribution < -0.4 is 10.6 Å². The van der Waals surface area contributed by atoms with Crippen LogP contribution in [0, 0.1) is 5.92 Å². The Bertz CT molecular complexity index is 696. The molecule has 1 aromatic carbocycles. The minimum Gasteiger partial charge on any atom is -0.352 e. The molecule has 24 heavy (non-hydrogen) atoms. The van der Waals surface area contributed by atoms with Gasteiger partial charge in [-0.05, 0) is 37.9 Å². The summed E-state index contributed by atoms with van der Waals surface area (Å²) in [5.41, 5.74) is 1.96. The number of halogens is 2. The summed E-state index contributed by atoms with van der Waals surface area (Å²) in [6.07, 6.45) is 3.93. The van der Waals surface area contributed by atoms with Crippen LogP contribution in [0.15, 0.2) is 30.5 Å². The Kier molecular flexibility index (Phi) is 6.66. The summed E-state index contributed by atoms with van der Waals surface area (Å²) in [5.74, 6) is 0.561. The molecule has 0 radical (unpaired) electrons. The molecule has 1 atom stereocenters. The topological polar surface area (TPSA) is 59.0 Å². The van der Waals surface area contributed by atoms with Crippen molar-refractivity contribution >= 4 is 29.9 Å². The molecule has 0 spiro atoms. The van der Waals surface area contributed by atoms with Gasteiger partial charge in [0.1, 0.15) is 5.69 Å². The van der Waals surface area contributed by atoms with Gasteiger partial charge in [-0.1, -0.05) is 29.8 Å². The highest BCUT2D eigenvalue weighted by Gasteiger charge is 2.19. The number of benzene rings is 1. The van der Waals surface area contributed by atoms with Gasteiger partial charge in [0, 0.05) is 25.4 Å². The number of carbonyl (C=O) groups is 1. The average molecular weight is 369 g/mol. The van der Waals surface area contributed by atoms with E-state index in [1.165, 1.54) is 6.42 Å². The maximum atomic E-state index is 12.5. The molecule has 0 saturated carbocycles. The van der Waals surface area contributed by atoms with E-state index in [0.29, 0.717) is 28.7 Å². The van der Waals surface area contributed by atoms with Gasteiger partial charge in [-0.3, -0.25) is 9.48 Å². The fraction of sp³-hybridized carbons (Fsp3) is 0.412. The van der Waals surface area contributed by atoms with E-state index in [1.54, 1.807) is 24.0 Å². The lowest BCUT2D eigenvalue weighted by Gasteiger charge is -2.09. The molecule has 1 saturated heterocycles. The highest BCUT2D eigenvalue weighted by molar-refractivity contribution is 6.33. The Morgan fingerprint density at radius 1 is 1.46 bits per heavy atom. The summed E-state index contributed by atoms with van der Waals surface area (Å²) in [6, 6.07) is 7.45. The molecule has 1 fully saturated rings. The van der Waals surface area contributed by atoms with Gasteiger partial charge in [0.2, 0.25) is 0 Å². The first-order valence-corrected chi connectivity index (χ1v) is 8.30. The number of aromatic nitrogens is 2. The highest BCUT2D eigenvalue weighted by atomic mass is 35.5. The van der Waals surface area contributed by atoms with E-state index in [2.05, 4.69) is 15.7 Å². The molecule has 1 aromatic heterocycles. The molecule has 1 unspecified atom stereocenters. The molecule has 3 rings (SSSR count). The van der Waals surface area contributed by atoms with Crippen molar-refractivity contribution in [2.75, 3.05) is 19.6 Å². The summed E-state index contributed by atoms with van der Waals surface area (Å²) in [4.78, 5) is 12.5. The maximum Gasteiger partial charge on any atom is 0.255 e. The van der Waals surface area contributed by atoms with Crippen LogP contribution in [0.25, 0.3) is 11.3 Å². The van der Waals surface area contributed by atoms with Gasteiger partial charge in [0.25, 0.3) is 5.91 Å². The monoisotopic (exact) mass is 368 g/mol. The van der Waals surface area contributed by atoms with Crippen molar-refractivity contribution in [2.24, 2.45) is 13.0 Å². The molecule has 130 valence electrons. The van der Waals surface area contributed by atoms with Crippen molar-refractivity contribution in [1.82, 2.24) is 20.4 Å². The predicted molar refractivity (Wildman–Crippen MR) is 98.8 cm³/mol. The van der Waals surface area contributed by atoms with Crippen LogP contribution in [0.2, 0.25) is 5.02 Å². The molecule has 1 aliphatic heterocycles. The van der Waals surface area contributed by atoms with Crippen molar-refractivity contribution < 1.29 is 4.79 Å². The van der Waals surface area contributed by atoms with Crippen molar-refractivity contribution in [1.29, 1.82) is 0 Å². The van der Waals surface area contributed by atoms with Crippen molar-refractivity contribution in [2.45, 2.75) is 12.8 Å². The number of carbonyl (C=O) groups excluding carboxylic acids is 1. The van der Waals surface area contributed by atoms with Gasteiger partial charge in [0.15, 0.2) is 0 Å². The molecule has 5 nitrogen and oxygen atoms in total. The third-order valence-electron chi connectivity index (χ3n) is 4.20. The van der Waals surface area contributed by atoms with E-state index < -0.39 is 0 Å². The lowest BCUT2D eigenvalue weighted by Crippen LogP contribution is -2.26. The van der Waals surface area contributed by atoms with E-state index in [-0.39, 0.29) is 18.3 Å². The third kappa shape index (κ3) is 4.29. The van der Waals surface area contributed by atoms with Gasteiger partial charge < -0.3 is 10.6 Å². The molecule has 0 aliphatic carbocycles. The van der Waals surface area contributed by atoms with Gasteiger partial charge in [-0.25, -0.2) is 0 Å². The fourth-order valence-corrected chi connectivity index (χ4v) is 3.18. The number of aryl methyl sites for hydroxylation is 1. The number of rotatable bonds is 5. The second-order valence-corrected chi connectivity index (χ2v) is 6.36. The molecule has 0 bridgehead atoms. The number of nitrogens with one attached hydrogen (secondary N) is 2. The summed E-state index contributed by atoms with van der Waals surface area (Å²) in [7, 11) is 1.81. The summed E-state index contributed by atoms with van der Waals surface area (Å²) in [5, 5.41) is 11.4. The highest BCUT2D eigenvalue weighted by Crippen LogP contribution is 2.28. The average Bonchev–Trinajstić information content (AvgIpc) is 3.17. The summed E-state index contributed by atoms with van der Waals surface area (Å²) >= 11 is 6.25. The van der Waals surface area contributed by atoms with E-state index in [0.717, 1.165) is 25.1 Å². The Morgan fingerprint density at radius 3 is 2.96 bits per heavy atom. The van der Waals surface area contributed by atoms with Gasteiger partial charge in [-0.15, -0.1) is 12.4 Å². The zero-order valence-corrected chi connectivity index (χ0v) is 15.2. The molecule has 2 heterocycles. The van der Waals surface area contributed by atoms with Gasteiger partial charge in [-0.2, -0.15) is 5.10 Å². The van der Waals surface area contributed by atoms with E-state index in [4.69, 9.17) is 11.6 Å². The fourth-order valence-electron chi connectivity index (χ4n) is 2.95. The van der Waals surface area contributed by atoms with Crippen molar-refractivity contribution in [3.63, 3.8) is 0 Å². The molecule has 2 aromatic rings. The van der Waals surface area contributed by atoms with E-state index >= 15 is 0 Å². The smallest absolute Gasteiger partial charge is 0.255 e. The molecule has 1 aliphatic rings. The van der Waals surface area contributed by atoms with Crippen LogP contribution in [-0.2, 0) is 7.05 Å². The second kappa shape index (κ2) is 8.51. The zero-order valence-electron chi connectivity index (χ0n) is 13.6. The molecule has 1 amide bonds. The molecular weight excluding hydrogens is 347 g/mol. The SMILES string of the molecule is Cl.Cn1cc(C(=O)NCCC2CCNC2)c(-c2ccccc2Cl)n1. The Hall–Kier alpha value is -1.56. The lowest BCUT2D eigenvalue weighted by molar-refractivity contribution is 0.0952. The lowest BCUT2D eigenvalue weighted by atomic mass is 10.0. The number of hydrogen-bond acceptors (Lipinski definition) is 3. The van der Waals surface area contributed by atoms with Crippen molar-refractivity contribution in [3.05, 3.63) is 41.0 Å². The minimum absolute atomic E-state index is 0. The van der Waals surface area contributed by atoms with Crippen LogP contribution in [0.3, 0.4) is 0 Å². The van der Waals surface area contributed by atoms with Crippen LogP contribution in [0.5, 0.6) is 0 Å². The van der Waals surface area contributed by atoms with Crippen LogP contribution in [0.4, 0.5) is 0 Å². The first kappa shape index (κ1) is 18.8. The van der Waals surface area contributed by atoms with Crippen LogP contribution in [0.1, 0.15) is 23.2 Å². The van der Waals surface area contributed by atoms with Gasteiger partial charge in [0.05, 0.1) is 10.6 Å². The van der Waals surface area contributed by atoms with Crippen LogP contribution >= 0.6 is 24.0 Å². The predicted octanol–water partition coefficient (Wildman–Crippen LogP) is 2.89. The largest absolute Gasteiger partial charge is 0.352 e. The first-order valence-electron chi connectivity index (χ1n) is 7.92. The quantitative estimate of drug-likeness (QED) is 0.852. The first-order chi connectivity index (χ1) is 11.1. The second-order valence-electron chi connectivity index (χ2n) is 5.95. The van der Waals surface area contributed by atoms with E-state index in [1.807, 2.05) is 18.2 Å². The molecular formula is C17H22Cl2N4O. The van der Waals surface area contributed by atoms with Crippen LogP contribution in [-0.4, -0.2) is 35.3 Å². The number of hydrogen-bond donors (Lipinski definition) is 2. The minimum atomic E-state index is -0.0982. The van der Waals surface area contributed by atoms with Crippen molar-refractivity contribution in [3.8, 4) is 11.3 Å². The summed E-state index contributed by atoms with van der Waals surface area (Å²) in [6.45, 7) is 2.81. The standard InChI is InChI=1S/C17H21ClN4O.ClH/c1-22-11-14(16(21-22)13-4-2-3-5-15(13)18)17(23)20-9-7-12-6-8-19-10-12;/h2-5,11-12,19H,6-10H2,1H3,(H,20,23);1H. The summed E-state index contributed by atoms with van der Waals surface area (Å²) < 4.78 is 1.65. The maximum absolute atomic E-state index is 12.5. The molecule has 2 N–H and O–H groups in total. The number of nitrogens with zero attached hydrogens (tertiary/aromatic N) is 2. The normalized spacial score (nSPS) is 16.7. The Morgan fingerprint density at radius 2 is 2.25 bits per heavy atom. The van der Waals surface area contributed by atoms with Gasteiger partial charge >= 0.3 is 0 Å². The Labute approximate surface area is 153 Å². The number of amides is 1.